The summed E-state index contributed by atoms with van der Waals surface area (Å²) in [7, 11) is 0. The number of rotatable bonds is 8. The van der Waals surface area contributed by atoms with Crippen LogP contribution in [-0.4, -0.2) is 41.0 Å². The Bertz CT molecular complexity index is 1000. The maximum absolute atomic E-state index is 12.6. The summed E-state index contributed by atoms with van der Waals surface area (Å²) in [6.07, 6.45) is 6.59. The Balaban J connectivity index is 1.25. The second-order valence-corrected chi connectivity index (χ2v) is 7.83. The van der Waals surface area contributed by atoms with Gasteiger partial charge in [-0.05, 0) is 42.7 Å². The number of aryl methyl sites for hydroxylation is 1. The number of anilines is 2. The third-order valence-corrected chi connectivity index (χ3v) is 5.52. The van der Waals surface area contributed by atoms with Crippen LogP contribution in [0.2, 0.25) is 0 Å². The van der Waals surface area contributed by atoms with E-state index in [2.05, 4.69) is 32.7 Å². The second kappa shape index (κ2) is 9.93. The minimum Gasteiger partial charge on any atom is -0.371 e. The third kappa shape index (κ3) is 5.72. The van der Waals surface area contributed by atoms with Gasteiger partial charge < -0.3 is 20.1 Å². The summed E-state index contributed by atoms with van der Waals surface area (Å²) in [5.41, 5.74) is 2.40. The van der Waals surface area contributed by atoms with Gasteiger partial charge in [-0.15, -0.1) is 0 Å². The summed E-state index contributed by atoms with van der Waals surface area (Å²) >= 11 is 0. The lowest BCUT2D eigenvalue weighted by atomic mass is 10.1. The van der Waals surface area contributed by atoms with Crippen LogP contribution in [0.1, 0.15) is 23.2 Å². The highest BCUT2D eigenvalue weighted by molar-refractivity contribution is 5.97. The fraction of sp³-hybridized carbons (Fsp3) is 0.292. The predicted octanol–water partition coefficient (Wildman–Crippen LogP) is 3.17. The van der Waals surface area contributed by atoms with Crippen LogP contribution in [0, 0.1) is 5.92 Å². The number of nitrogens with zero attached hydrogens (tertiary/aromatic N) is 3. The summed E-state index contributed by atoms with van der Waals surface area (Å²) in [5, 5.41) is 5.91. The van der Waals surface area contributed by atoms with E-state index in [0.29, 0.717) is 36.7 Å². The Morgan fingerprint density at radius 2 is 1.97 bits per heavy atom. The first-order valence-corrected chi connectivity index (χ1v) is 10.6. The molecule has 2 heterocycles. The standard InChI is InChI=1S/C24H27N5O2/c30-23(10-12-28-14-11-25-18-28)27-21-6-4-5-20(15-21)24(31)26-16-19-9-13-29(17-19)22-7-2-1-3-8-22/h1-8,11,14-15,18-19H,9-10,12-13,16-17H2,(H,26,31)(H,27,30). The van der Waals surface area contributed by atoms with Gasteiger partial charge >= 0.3 is 0 Å². The zero-order valence-electron chi connectivity index (χ0n) is 17.4. The molecule has 2 aromatic carbocycles. The Morgan fingerprint density at radius 3 is 2.77 bits per heavy atom. The lowest BCUT2D eigenvalue weighted by Crippen LogP contribution is -2.31. The smallest absolute Gasteiger partial charge is 0.251 e. The number of hydrogen-bond acceptors (Lipinski definition) is 4. The number of imidazole rings is 1. The lowest BCUT2D eigenvalue weighted by Gasteiger charge is -2.18. The largest absolute Gasteiger partial charge is 0.371 e. The van der Waals surface area contributed by atoms with Gasteiger partial charge in [0.25, 0.3) is 5.91 Å². The summed E-state index contributed by atoms with van der Waals surface area (Å²) in [6, 6.07) is 17.4. The van der Waals surface area contributed by atoms with Gasteiger partial charge in [0.2, 0.25) is 5.91 Å². The Labute approximate surface area is 182 Å². The number of amides is 2. The van der Waals surface area contributed by atoms with Crippen molar-refractivity contribution in [3.8, 4) is 0 Å². The molecule has 1 fully saturated rings. The summed E-state index contributed by atoms with van der Waals surface area (Å²) < 4.78 is 1.85. The average molecular weight is 418 g/mol. The topological polar surface area (TPSA) is 79.3 Å². The molecule has 2 amide bonds. The maximum Gasteiger partial charge on any atom is 0.251 e. The SMILES string of the molecule is O=C(CCn1ccnc1)Nc1cccc(C(=O)NCC2CCN(c3ccccc3)C2)c1. The molecule has 160 valence electrons. The molecular formula is C24H27N5O2. The monoisotopic (exact) mass is 417 g/mol. The highest BCUT2D eigenvalue weighted by Gasteiger charge is 2.23. The van der Waals surface area contributed by atoms with E-state index in [1.165, 1.54) is 5.69 Å². The molecule has 0 saturated carbocycles. The number of benzene rings is 2. The van der Waals surface area contributed by atoms with Crippen molar-refractivity contribution in [1.82, 2.24) is 14.9 Å². The highest BCUT2D eigenvalue weighted by atomic mass is 16.2. The number of carbonyl (C=O) groups excluding carboxylic acids is 2. The van der Waals surface area contributed by atoms with Crippen LogP contribution in [0.3, 0.4) is 0 Å². The normalized spacial score (nSPS) is 15.6. The van der Waals surface area contributed by atoms with E-state index in [1.807, 2.05) is 29.0 Å². The van der Waals surface area contributed by atoms with E-state index in [0.717, 1.165) is 19.5 Å². The number of para-hydroxylation sites is 1. The third-order valence-electron chi connectivity index (χ3n) is 5.52. The van der Waals surface area contributed by atoms with Crippen LogP contribution in [0.15, 0.2) is 73.3 Å². The molecule has 1 unspecified atom stereocenters. The van der Waals surface area contributed by atoms with Crippen LogP contribution >= 0.6 is 0 Å². The van der Waals surface area contributed by atoms with Crippen molar-refractivity contribution in [3.63, 3.8) is 0 Å². The van der Waals surface area contributed by atoms with Gasteiger partial charge in [-0.3, -0.25) is 9.59 Å². The van der Waals surface area contributed by atoms with E-state index in [-0.39, 0.29) is 11.8 Å². The number of carbonyl (C=O) groups is 2. The zero-order chi connectivity index (χ0) is 21.5. The number of hydrogen-bond donors (Lipinski definition) is 2. The first-order chi connectivity index (χ1) is 15.2. The van der Waals surface area contributed by atoms with E-state index in [4.69, 9.17) is 0 Å². The van der Waals surface area contributed by atoms with E-state index >= 15 is 0 Å². The molecule has 0 radical (unpaired) electrons. The molecule has 7 nitrogen and oxygen atoms in total. The van der Waals surface area contributed by atoms with Crippen molar-refractivity contribution in [2.24, 2.45) is 5.92 Å². The lowest BCUT2D eigenvalue weighted by molar-refractivity contribution is -0.116. The molecule has 7 heteroatoms. The van der Waals surface area contributed by atoms with Crippen molar-refractivity contribution >= 4 is 23.2 Å². The van der Waals surface area contributed by atoms with Crippen LogP contribution in [0.5, 0.6) is 0 Å². The van der Waals surface area contributed by atoms with Crippen molar-refractivity contribution in [2.45, 2.75) is 19.4 Å². The molecule has 2 N–H and O–H groups in total. The van der Waals surface area contributed by atoms with Gasteiger partial charge in [0.1, 0.15) is 0 Å². The number of aromatic nitrogens is 2. The molecule has 4 rings (SSSR count). The molecule has 1 aromatic heterocycles. The molecule has 0 bridgehead atoms. The zero-order valence-corrected chi connectivity index (χ0v) is 17.4. The Morgan fingerprint density at radius 1 is 1.10 bits per heavy atom. The molecule has 0 spiro atoms. The van der Waals surface area contributed by atoms with Crippen LogP contribution in [-0.2, 0) is 11.3 Å². The Hall–Kier alpha value is -3.61. The van der Waals surface area contributed by atoms with Gasteiger partial charge in [0.15, 0.2) is 0 Å². The minimum atomic E-state index is -0.118. The molecule has 1 atom stereocenters. The molecule has 1 aliphatic rings. The fourth-order valence-electron chi connectivity index (χ4n) is 3.82. The van der Waals surface area contributed by atoms with E-state index in [9.17, 15) is 9.59 Å². The molecule has 1 saturated heterocycles. The fourth-order valence-corrected chi connectivity index (χ4v) is 3.82. The molecule has 1 aliphatic heterocycles. The highest BCUT2D eigenvalue weighted by Crippen LogP contribution is 2.23. The Kier molecular flexibility index (Phi) is 6.62. The quantitative estimate of drug-likeness (QED) is 0.590. The average Bonchev–Trinajstić information content (AvgIpc) is 3.49. The second-order valence-electron chi connectivity index (χ2n) is 7.83. The maximum atomic E-state index is 12.6. The summed E-state index contributed by atoms with van der Waals surface area (Å²) in [6.45, 7) is 3.15. The summed E-state index contributed by atoms with van der Waals surface area (Å²) in [4.78, 5) is 31.1. The van der Waals surface area contributed by atoms with Gasteiger partial charge in [0.05, 0.1) is 6.33 Å². The van der Waals surface area contributed by atoms with Crippen LogP contribution in [0.4, 0.5) is 11.4 Å². The molecular weight excluding hydrogens is 390 g/mol. The van der Waals surface area contributed by atoms with Gasteiger partial charge in [-0.25, -0.2) is 4.98 Å². The van der Waals surface area contributed by atoms with Crippen molar-refractivity contribution in [2.75, 3.05) is 29.9 Å². The van der Waals surface area contributed by atoms with Crippen molar-refractivity contribution in [3.05, 3.63) is 78.9 Å². The molecule has 0 aliphatic carbocycles. The van der Waals surface area contributed by atoms with E-state index in [1.54, 1.807) is 36.8 Å². The van der Waals surface area contributed by atoms with Crippen molar-refractivity contribution in [1.29, 1.82) is 0 Å². The van der Waals surface area contributed by atoms with Crippen LogP contribution < -0.4 is 15.5 Å². The van der Waals surface area contributed by atoms with Gasteiger partial charge in [-0.2, -0.15) is 0 Å². The van der Waals surface area contributed by atoms with Crippen molar-refractivity contribution < 1.29 is 9.59 Å². The predicted molar refractivity (Wildman–Crippen MR) is 121 cm³/mol. The summed E-state index contributed by atoms with van der Waals surface area (Å²) in [5.74, 6) is 0.209. The number of nitrogens with one attached hydrogen (secondary N) is 2. The van der Waals surface area contributed by atoms with Crippen LogP contribution in [0.25, 0.3) is 0 Å². The first kappa shape index (κ1) is 20.7. The molecule has 3 aromatic rings. The van der Waals surface area contributed by atoms with Gasteiger partial charge in [0, 0.05) is 61.9 Å². The van der Waals surface area contributed by atoms with Gasteiger partial charge in [-0.1, -0.05) is 24.3 Å². The molecule has 31 heavy (non-hydrogen) atoms. The van der Waals surface area contributed by atoms with E-state index < -0.39 is 0 Å². The first-order valence-electron chi connectivity index (χ1n) is 10.6. The minimum absolute atomic E-state index is 0.0989.